The molecule has 0 atom stereocenters. The number of aliphatic hydroxyl groups is 1. The van der Waals surface area contributed by atoms with Gasteiger partial charge in [0.25, 0.3) is 0 Å². The van der Waals surface area contributed by atoms with Crippen LogP contribution < -0.4 is 0 Å². The molecule has 4 nitrogen and oxygen atoms in total. The number of rotatable bonds is 10. The third kappa shape index (κ3) is 11.5. The molecule has 0 bridgehead atoms. The predicted octanol–water partition coefficient (Wildman–Crippen LogP) is 13.6. The molecular formula is C47H62FIrN2O2S-. The van der Waals surface area contributed by atoms with Crippen molar-refractivity contribution in [3.63, 3.8) is 0 Å². The van der Waals surface area contributed by atoms with E-state index in [1.807, 2.05) is 6.07 Å². The zero-order valence-electron chi connectivity index (χ0n) is 34.9. The molecule has 2 aromatic heterocycles. The van der Waals surface area contributed by atoms with E-state index in [4.69, 9.17) is 4.98 Å². The van der Waals surface area contributed by atoms with Gasteiger partial charge in [-0.2, -0.15) is 0 Å². The monoisotopic (exact) mass is 930 g/mol. The summed E-state index contributed by atoms with van der Waals surface area (Å²) in [5.41, 5.74) is 5.59. The fraction of sp³-hybridized carbons (Fsp3) is 0.511. The molecule has 0 aliphatic rings. The van der Waals surface area contributed by atoms with Crippen LogP contribution in [-0.4, -0.2) is 20.9 Å². The molecule has 1 N–H and O–H groups in total. The Balaban J connectivity index is 0.000000338. The Labute approximate surface area is 341 Å². The number of thiophene rings is 1. The maximum atomic E-state index is 14.1. The van der Waals surface area contributed by atoms with Gasteiger partial charge in [-0.1, -0.05) is 132 Å². The standard InChI is InChI=1S/C30H30FN2S.C17H32O2.Ir/c1-29(2,3)15-18-7-9-24-25(11-18)34-28-26(32-17-33-27(24)28)20-12-19-14-22(31)8-10-23(19)21(13-20)16-30(4,5)6;1-10(2)16(11(3)4)14(18)9-15(19)17(12(5)6)13(7)8;/h7-11,13-14,17H,15-16H2,1-6H3;9-13,16-18H,1-8H3;/q-1;;/b;14-9-;. The minimum atomic E-state index is -0.247. The number of fused-ring (bicyclic) bond motifs is 4. The molecule has 0 fully saturated rings. The molecule has 295 valence electrons. The normalized spacial score (nSPS) is 12.9. The number of benzene rings is 3. The minimum Gasteiger partial charge on any atom is -0.512 e. The molecule has 54 heavy (non-hydrogen) atoms. The van der Waals surface area contributed by atoms with E-state index in [0.717, 1.165) is 50.5 Å². The number of halogens is 1. The fourth-order valence-corrected chi connectivity index (χ4v) is 9.15. The van der Waals surface area contributed by atoms with Crippen molar-refractivity contribution in [2.24, 2.45) is 46.3 Å². The summed E-state index contributed by atoms with van der Waals surface area (Å²) < 4.78 is 16.4. The SMILES string of the molecule is CC(C)(C)Cc1ccc2c(c1)sc1c(-c3[c-]c4cc(F)ccc4c(CC(C)(C)C)c3)ncnc12.CC(C)C(C(=O)/C=C(\O)C(C(C)C)C(C)C)C(C)C.[Ir]. The van der Waals surface area contributed by atoms with Gasteiger partial charge in [-0.3, -0.25) is 9.78 Å². The Hall–Kier alpha value is -2.99. The quantitative estimate of drug-likeness (QED) is 0.0861. The summed E-state index contributed by atoms with van der Waals surface area (Å²) in [6.45, 7) is 30.1. The van der Waals surface area contributed by atoms with Crippen molar-refractivity contribution in [2.75, 3.05) is 0 Å². The van der Waals surface area contributed by atoms with Crippen molar-refractivity contribution in [3.05, 3.63) is 83.6 Å². The molecule has 0 saturated heterocycles. The Morgan fingerprint density at radius 2 is 1.37 bits per heavy atom. The first-order valence-corrected chi connectivity index (χ1v) is 20.1. The predicted molar refractivity (Wildman–Crippen MR) is 225 cm³/mol. The molecule has 5 rings (SSSR count). The average molecular weight is 930 g/mol. The summed E-state index contributed by atoms with van der Waals surface area (Å²) in [5.74, 6) is 1.38. The second kappa shape index (κ2) is 18.3. The Morgan fingerprint density at radius 1 is 0.796 bits per heavy atom. The largest absolute Gasteiger partial charge is 0.512 e. The van der Waals surface area contributed by atoms with E-state index in [1.54, 1.807) is 23.7 Å². The van der Waals surface area contributed by atoms with Gasteiger partial charge in [0.2, 0.25) is 0 Å². The van der Waals surface area contributed by atoms with Gasteiger partial charge >= 0.3 is 0 Å². The van der Waals surface area contributed by atoms with E-state index >= 15 is 0 Å². The van der Waals surface area contributed by atoms with Gasteiger partial charge in [0.05, 0.1) is 17.1 Å². The van der Waals surface area contributed by atoms with E-state index in [2.05, 4.69) is 132 Å². The molecule has 0 aliphatic heterocycles. The topological polar surface area (TPSA) is 63.1 Å². The number of allylic oxidation sites excluding steroid dienone is 2. The van der Waals surface area contributed by atoms with Crippen LogP contribution in [0, 0.1) is 58.2 Å². The van der Waals surface area contributed by atoms with Crippen molar-refractivity contribution in [1.29, 1.82) is 0 Å². The molecule has 3 aromatic carbocycles. The van der Waals surface area contributed by atoms with Crippen LogP contribution in [0.3, 0.4) is 0 Å². The summed E-state index contributed by atoms with van der Waals surface area (Å²) in [5, 5.41) is 13.3. The van der Waals surface area contributed by atoms with Crippen LogP contribution in [0.25, 0.3) is 42.3 Å². The first kappa shape index (κ1) is 45.4. The summed E-state index contributed by atoms with van der Waals surface area (Å²) in [6, 6.07) is 17.3. The molecule has 1 radical (unpaired) electrons. The minimum absolute atomic E-state index is 0. The van der Waals surface area contributed by atoms with Crippen LogP contribution in [0.5, 0.6) is 0 Å². The second-order valence-electron chi connectivity index (χ2n) is 18.7. The second-order valence-corrected chi connectivity index (χ2v) is 19.8. The van der Waals surface area contributed by atoms with E-state index in [9.17, 15) is 14.3 Å². The summed E-state index contributed by atoms with van der Waals surface area (Å²) in [4.78, 5) is 21.7. The molecule has 0 spiro atoms. The third-order valence-corrected chi connectivity index (χ3v) is 10.9. The molecular weight excluding hydrogens is 868 g/mol. The molecule has 2 heterocycles. The number of carbonyl (C=O) groups is 1. The van der Waals surface area contributed by atoms with Crippen molar-refractivity contribution >= 4 is 48.2 Å². The zero-order valence-corrected chi connectivity index (χ0v) is 38.2. The van der Waals surface area contributed by atoms with E-state index in [0.29, 0.717) is 23.7 Å². The zero-order chi connectivity index (χ0) is 39.6. The molecule has 0 unspecified atom stereocenters. The Morgan fingerprint density at radius 3 is 1.93 bits per heavy atom. The average Bonchev–Trinajstić information content (AvgIpc) is 3.36. The van der Waals surface area contributed by atoms with Gasteiger partial charge in [-0.15, -0.1) is 34.4 Å². The van der Waals surface area contributed by atoms with Crippen molar-refractivity contribution in [2.45, 2.75) is 110 Å². The van der Waals surface area contributed by atoms with Gasteiger partial charge in [0.15, 0.2) is 5.78 Å². The van der Waals surface area contributed by atoms with Gasteiger partial charge < -0.3 is 5.11 Å². The van der Waals surface area contributed by atoms with Crippen molar-refractivity contribution in [3.8, 4) is 11.3 Å². The molecule has 0 aliphatic carbocycles. The molecule has 7 heteroatoms. The van der Waals surface area contributed by atoms with Gasteiger partial charge in [0.1, 0.15) is 6.33 Å². The number of aromatic nitrogens is 2. The van der Waals surface area contributed by atoms with E-state index < -0.39 is 0 Å². The van der Waals surface area contributed by atoms with Crippen LogP contribution in [0.15, 0.2) is 60.6 Å². The summed E-state index contributed by atoms with van der Waals surface area (Å²) >= 11 is 1.73. The number of hydrogen-bond donors (Lipinski definition) is 1. The third-order valence-electron chi connectivity index (χ3n) is 9.78. The number of aliphatic hydroxyl groups excluding tert-OH is 1. The number of carbonyl (C=O) groups excluding carboxylic acids is 1. The molecule has 0 saturated carbocycles. The number of ketones is 1. The van der Waals surface area contributed by atoms with E-state index in [-0.39, 0.29) is 60.1 Å². The molecule has 5 aromatic rings. The van der Waals surface area contributed by atoms with Gasteiger partial charge in [-0.25, -0.2) is 9.37 Å². The number of hydrogen-bond acceptors (Lipinski definition) is 5. The smallest absolute Gasteiger partial charge is 0.162 e. The van der Waals surface area contributed by atoms with Crippen molar-refractivity contribution in [1.82, 2.24) is 9.97 Å². The summed E-state index contributed by atoms with van der Waals surface area (Å²) in [7, 11) is 0. The van der Waals surface area contributed by atoms with Crippen LogP contribution in [0.4, 0.5) is 4.39 Å². The first-order chi connectivity index (χ1) is 24.6. The van der Waals surface area contributed by atoms with Crippen LogP contribution in [0.2, 0.25) is 0 Å². The van der Waals surface area contributed by atoms with Gasteiger partial charge in [-0.05, 0) is 65.0 Å². The summed E-state index contributed by atoms with van der Waals surface area (Å²) in [6.07, 6.45) is 5.03. The van der Waals surface area contributed by atoms with Gasteiger partial charge in [0, 0.05) is 58.5 Å². The van der Waals surface area contributed by atoms with Crippen LogP contribution in [0.1, 0.15) is 108 Å². The maximum Gasteiger partial charge on any atom is 0.162 e. The van der Waals surface area contributed by atoms with Crippen molar-refractivity contribution < 1.29 is 34.4 Å². The van der Waals surface area contributed by atoms with Crippen LogP contribution >= 0.6 is 11.3 Å². The molecule has 0 amide bonds. The Bertz CT molecular complexity index is 2070. The van der Waals surface area contributed by atoms with Crippen LogP contribution in [-0.2, 0) is 37.7 Å². The Kier molecular flexibility index (Phi) is 15.4. The van der Waals surface area contributed by atoms with E-state index in [1.165, 1.54) is 28.0 Å². The first-order valence-electron chi connectivity index (χ1n) is 19.3. The fourth-order valence-electron chi connectivity index (χ4n) is 7.93. The number of nitrogens with zero attached hydrogens (tertiary/aromatic N) is 2. The maximum absolute atomic E-state index is 14.1.